The van der Waals surface area contributed by atoms with Gasteiger partial charge in [-0.25, -0.2) is 12.7 Å². The summed E-state index contributed by atoms with van der Waals surface area (Å²) in [4.78, 5) is 27.3. The lowest BCUT2D eigenvalue weighted by Gasteiger charge is -2.28. The number of nitrogens with zero attached hydrogens (tertiary/aromatic N) is 2. The molecule has 4 rings (SSSR count). The van der Waals surface area contributed by atoms with E-state index in [4.69, 9.17) is 0 Å². The second-order valence-electron chi connectivity index (χ2n) is 8.15. The van der Waals surface area contributed by atoms with Gasteiger partial charge in [-0.2, -0.15) is 0 Å². The predicted octanol–water partition coefficient (Wildman–Crippen LogP) is 2.63. The van der Waals surface area contributed by atoms with Crippen LogP contribution in [0.3, 0.4) is 0 Å². The predicted molar refractivity (Wildman–Crippen MR) is 119 cm³/mol. The van der Waals surface area contributed by atoms with Gasteiger partial charge in [-0.05, 0) is 56.6 Å². The molecule has 2 heterocycles. The number of sulfonamides is 1. The Balaban J connectivity index is 1.50. The van der Waals surface area contributed by atoms with Crippen LogP contribution in [0.4, 0.5) is 5.69 Å². The summed E-state index contributed by atoms with van der Waals surface area (Å²) in [6, 6.07) is 14.7. The number of likely N-dealkylation sites (tertiary alicyclic amines) is 1. The van der Waals surface area contributed by atoms with Gasteiger partial charge in [0.15, 0.2) is 0 Å². The molecule has 2 amide bonds. The van der Waals surface area contributed by atoms with Crippen LogP contribution in [-0.2, 0) is 14.8 Å². The smallest absolute Gasteiger partial charge is 0.251 e. The van der Waals surface area contributed by atoms with E-state index in [9.17, 15) is 18.0 Å². The number of hydrogen-bond donors (Lipinski definition) is 1. The van der Waals surface area contributed by atoms with Gasteiger partial charge < -0.3 is 5.32 Å². The largest absolute Gasteiger partial charge is 0.350 e. The maximum Gasteiger partial charge on any atom is 0.251 e. The molecule has 0 radical (unpaired) electrons. The molecule has 2 aromatic rings. The number of nitrogens with one attached hydrogen (secondary N) is 1. The molecule has 0 aromatic heterocycles. The van der Waals surface area contributed by atoms with E-state index < -0.39 is 15.9 Å². The average molecular weight is 442 g/mol. The van der Waals surface area contributed by atoms with E-state index in [-0.39, 0.29) is 29.8 Å². The van der Waals surface area contributed by atoms with Crippen LogP contribution >= 0.6 is 0 Å². The molecule has 0 bridgehead atoms. The third kappa shape index (κ3) is 4.65. The maximum atomic E-state index is 12.9. The molecule has 164 valence electrons. The van der Waals surface area contributed by atoms with Crippen molar-refractivity contribution in [3.8, 4) is 0 Å². The molecular weight excluding hydrogens is 414 g/mol. The molecule has 0 spiro atoms. The van der Waals surface area contributed by atoms with Crippen molar-refractivity contribution in [3.05, 3.63) is 65.2 Å². The summed E-state index contributed by atoms with van der Waals surface area (Å²) in [5.74, 6) is -0.954. The highest BCUT2D eigenvalue weighted by atomic mass is 32.2. The third-order valence-corrected chi connectivity index (χ3v) is 7.61. The molecule has 8 heteroatoms. The minimum atomic E-state index is -3.66. The minimum Gasteiger partial charge on any atom is -0.350 e. The van der Waals surface area contributed by atoms with Crippen molar-refractivity contribution in [2.24, 2.45) is 0 Å². The molecule has 31 heavy (non-hydrogen) atoms. The lowest BCUT2D eigenvalue weighted by Crippen LogP contribution is -2.37. The van der Waals surface area contributed by atoms with Gasteiger partial charge in [0, 0.05) is 18.5 Å². The van der Waals surface area contributed by atoms with Gasteiger partial charge in [-0.3, -0.25) is 14.5 Å². The molecule has 2 saturated heterocycles. The van der Waals surface area contributed by atoms with Crippen molar-refractivity contribution in [1.82, 2.24) is 10.2 Å². The minimum absolute atomic E-state index is 0.0349. The van der Waals surface area contributed by atoms with Crippen LogP contribution in [0.1, 0.15) is 46.8 Å². The Kier molecular flexibility index (Phi) is 6.11. The Labute approximate surface area is 183 Å². The highest BCUT2D eigenvalue weighted by Gasteiger charge is 2.36. The van der Waals surface area contributed by atoms with E-state index in [1.165, 1.54) is 17.7 Å². The van der Waals surface area contributed by atoms with Crippen LogP contribution in [0.2, 0.25) is 0 Å². The summed E-state index contributed by atoms with van der Waals surface area (Å²) < 4.78 is 25.2. The SMILES string of the molecule is Cc1ccc(C(CNC(=O)c2cccc(N3C(=O)CCS3(=O)=O)c2)N2CCCC2)cc1. The standard InChI is InChI=1S/C23H27N3O4S/c1-17-7-9-18(10-8-17)21(25-12-2-3-13-25)16-24-23(28)19-5-4-6-20(15-19)26-22(27)11-14-31(26,29)30/h4-10,15,21H,2-3,11-14,16H2,1H3,(H,24,28). The molecule has 2 aliphatic heterocycles. The van der Waals surface area contributed by atoms with E-state index in [1.807, 2.05) is 0 Å². The first-order valence-corrected chi connectivity index (χ1v) is 12.2. The van der Waals surface area contributed by atoms with Gasteiger partial charge in [-0.15, -0.1) is 0 Å². The number of rotatable bonds is 6. The number of carbonyl (C=O) groups excluding carboxylic acids is 2. The zero-order chi connectivity index (χ0) is 22.0. The van der Waals surface area contributed by atoms with E-state index in [0.717, 1.165) is 35.8 Å². The highest BCUT2D eigenvalue weighted by molar-refractivity contribution is 7.94. The van der Waals surface area contributed by atoms with Crippen LogP contribution in [0.15, 0.2) is 48.5 Å². The van der Waals surface area contributed by atoms with Crippen molar-refractivity contribution >= 4 is 27.5 Å². The van der Waals surface area contributed by atoms with E-state index >= 15 is 0 Å². The zero-order valence-electron chi connectivity index (χ0n) is 17.6. The lowest BCUT2D eigenvalue weighted by molar-refractivity contribution is -0.116. The third-order valence-electron chi connectivity index (χ3n) is 5.92. The van der Waals surface area contributed by atoms with E-state index in [0.29, 0.717) is 12.1 Å². The Bertz CT molecular complexity index is 1080. The topological polar surface area (TPSA) is 86.8 Å². The fraction of sp³-hybridized carbons (Fsp3) is 0.391. The van der Waals surface area contributed by atoms with Crippen molar-refractivity contribution in [3.63, 3.8) is 0 Å². The monoisotopic (exact) mass is 441 g/mol. The van der Waals surface area contributed by atoms with Crippen LogP contribution < -0.4 is 9.62 Å². The van der Waals surface area contributed by atoms with E-state index in [1.54, 1.807) is 12.1 Å². The highest BCUT2D eigenvalue weighted by Crippen LogP contribution is 2.27. The lowest BCUT2D eigenvalue weighted by atomic mass is 10.0. The maximum absolute atomic E-state index is 12.9. The van der Waals surface area contributed by atoms with Crippen molar-refractivity contribution in [2.75, 3.05) is 29.7 Å². The van der Waals surface area contributed by atoms with Crippen LogP contribution in [0.25, 0.3) is 0 Å². The molecule has 1 unspecified atom stereocenters. The van der Waals surface area contributed by atoms with Crippen molar-refractivity contribution in [1.29, 1.82) is 0 Å². The number of hydrogen-bond acceptors (Lipinski definition) is 5. The van der Waals surface area contributed by atoms with Crippen molar-refractivity contribution in [2.45, 2.75) is 32.2 Å². The first kappa shape index (κ1) is 21.5. The Hall–Kier alpha value is -2.71. The first-order chi connectivity index (χ1) is 14.8. The Morgan fingerprint density at radius 1 is 1.10 bits per heavy atom. The fourth-order valence-corrected chi connectivity index (χ4v) is 5.68. The molecule has 2 aromatic carbocycles. The van der Waals surface area contributed by atoms with Crippen LogP contribution in [0, 0.1) is 6.92 Å². The summed E-state index contributed by atoms with van der Waals surface area (Å²) in [6.07, 6.45) is 2.26. The number of anilines is 1. The summed E-state index contributed by atoms with van der Waals surface area (Å²) in [6.45, 7) is 4.50. The summed E-state index contributed by atoms with van der Waals surface area (Å²) in [5, 5.41) is 3.01. The zero-order valence-corrected chi connectivity index (χ0v) is 18.4. The Morgan fingerprint density at radius 3 is 2.45 bits per heavy atom. The summed E-state index contributed by atoms with van der Waals surface area (Å²) in [5.41, 5.74) is 2.90. The van der Waals surface area contributed by atoms with Gasteiger partial charge in [0.05, 0.1) is 17.5 Å². The van der Waals surface area contributed by atoms with E-state index in [2.05, 4.69) is 41.4 Å². The van der Waals surface area contributed by atoms with Gasteiger partial charge in [0.25, 0.3) is 5.91 Å². The number of aryl methyl sites for hydroxylation is 1. The number of carbonyl (C=O) groups is 2. The molecule has 2 aliphatic rings. The summed E-state index contributed by atoms with van der Waals surface area (Å²) in [7, 11) is -3.66. The average Bonchev–Trinajstić information content (AvgIpc) is 3.37. The van der Waals surface area contributed by atoms with Gasteiger partial charge in [0.2, 0.25) is 15.9 Å². The summed E-state index contributed by atoms with van der Waals surface area (Å²) >= 11 is 0. The van der Waals surface area contributed by atoms with Gasteiger partial charge in [0.1, 0.15) is 0 Å². The Morgan fingerprint density at radius 2 is 1.81 bits per heavy atom. The molecule has 0 saturated carbocycles. The molecular formula is C23H27N3O4S. The normalized spacial score (nSPS) is 19.5. The first-order valence-electron chi connectivity index (χ1n) is 10.6. The molecule has 1 atom stereocenters. The molecule has 7 nitrogen and oxygen atoms in total. The molecule has 0 aliphatic carbocycles. The quantitative estimate of drug-likeness (QED) is 0.745. The van der Waals surface area contributed by atoms with Crippen LogP contribution in [0.5, 0.6) is 0 Å². The second kappa shape index (κ2) is 8.80. The number of amides is 2. The molecule has 2 fully saturated rings. The van der Waals surface area contributed by atoms with Gasteiger partial charge >= 0.3 is 0 Å². The number of benzene rings is 2. The van der Waals surface area contributed by atoms with Crippen molar-refractivity contribution < 1.29 is 18.0 Å². The molecule has 1 N–H and O–H groups in total. The van der Waals surface area contributed by atoms with Crippen LogP contribution in [-0.4, -0.2) is 50.5 Å². The second-order valence-corrected chi connectivity index (χ2v) is 10.1. The fourth-order valence-electron chi connectivity index (χ4n) is 4.23. The van der Waals surface area contributed by atoms with Gasteiger partial charge in [-0.1, -0.05) is 35.9 Å².